The second-order valence-electron chi connectivity index (χ2n) is 10.0. The number of ether oxygens (including phenoxy) is 1. The first-order valence-corrected chi connectivity index (χ1v) is 13.3. The molecule has 4 N–H and O–H groups in total. The number of hydrogen-bond donors (Lipinski definition) is 3. The van der Waals surface area contributed by atoms with Crippen molar-refractivity contribution in [2.75, 3.05) is 50.0 Å². The van der Waals surface area contributed by atoms with Crippen molar-refractivity contribution in [2.24, 2.45) is 0 Å². The Hall–Kier alpha value is -4.39. The summed E-state index contributed by atoms with van der Waals surface area (Å²) in [5.41, 5.74) is 10.1. The minimum atomic E-state index is -5.08. The Labute approximate surface area is 239 Å². The van der Waals surface area contributed by atoms with Crippen LogP contribution in [0.1, 0.15) is 24.2 Å². The smallest absolute Gasteiger partial charge is 0.490 e. The maximum Gasteiger partial charge on any atom is 0.490 e. The van der Waals surface area contributed by atoms with Crippen molar-refractivity contribution in [2.45, 2.75) is 26.1 Å². The molecule has 3 aromatic rings. The number of carbonyl (C=O) groups is 2. The second kappa shape index (κ2) is 12.6. The summed E-state index contributed by atoms with van der Waals surface area (Å²) in [6.07, 6.45) is -5.08. The lowest BCUT2D eigenvalue weighted by Crippen LogP contribution is -2.48. The number of piperazine rings is 1. The van der Waals surface area contributed by atoms with Crippen LogP contribution in [0.25, 0.3) is 22.3 Å². The van der Waals surface area contributed by atoms with E-state index in [4.69, 9.17) is 20.4 Å². The van der Waals surface area contributed by atoms with Crippen molar-refractivity contribution in [3.8, 4) is 28.0 Å². The zero-order valence-corrected chi connectivity index (χ0v) is 23.0. The number of nitrogen functional groups attached to an aromatic ring is 1. The molecule has 0 spiro atoms. The molecule has 3 heterocycles. The lowest BCUT2D eigenvalue weighted by atomic mass is 9.99. The summed E-state index contributed by atoms with van der Waals surface area (Å²) < 4.78 is 52.4. The normalized spacial score (nSPS) is 15.6. The molecule has 1 fully saturated rings. The average Bonchev–Trinajstić information content (AvgIpc) is 3.14. The van der Waals surface area contributed by atoms with E-state index in [0.717, 1.165) is 37.4 Å². The van der Waals surface area contributed by atoms with Gasteiger partial charge in [0.15, 0.2) is 0 Å². The number of nitrogens with two attached hydrogens (primary N) is 1. The monoisotopic (exact) mass is 589 g/mol. The Morgan fingerprint density at radius 2 is 1.62 bits per heavy atom. The van der Waals surface area contributed by atoms with E-state index in [2.05, 4.69) is 33.9 Å². The molecule has 9 nitrogen and oxygen atoms in total. The van der Waals surface area contributed by atoms with Crippen LogP contribution in [0.15, 0.2) is 48.5 Å². The number of anilines is 2. The van der Waals surface area contributed by atoms with Crippen LogP contribution in [0.5, 0.6) is 5.75 Å². The van der Waals surface area contributed by atoms with Crippen molar-refractivity contribution < 1.29 is 37.0 Å². The number of alkyl halides is 3. The summed E-state index contributed by atoms with van der Waals surface area (Å²) in [5, 5.41) is 9.91. The first-order valence-electron chi connectivity index (χ1n) is 13.3. The maximum absolute atomic E-state index is 14.9. The lowest BCUT2D eigenvalue weighted by molar-refractivity contribution is -0.192. The van der Waals surface area contributed by atoms with Crippen LogP contribution in [0, 0.1) is 5.95 Å². The molecule has 2 aliphatic rings. The highest BCUT2D eigenvalue weighted by Gasteiger charge is 2.38. The summed E-state index contributed by atoms with van der Waals surface area (Å²) in [5.74, 6) is -2.99. The fourth-order valence-corrected chi connectivity index (χ4v) is 4.70. The molecular weight excluding hydrogens is 558 g/mol. The predicted octanol–water partition coefficient (Wildman–Crippen LogP) is 4.42. The molecule has 5 rings (SSSR count). The highest BCUT2D eigenvalue weighted by molar-refractivity contribution is 5.98. The Morgan fingerprint density at radius 1 is 1.00 bits per heavy atom. The number of rotatable bonds is 4. The maximum atomic E-state index is 14.9. The quantitative estimate of drug-likeness (QED) is 0.302. The number of nitrogens with one attached hydrogen (secondary N) is 1. The Balaban J connectivity index is 0.000000517. The van der Waals surface area contributed by atoms with Gasteiger partial charge in [0.1, 0.15) is 18.2 Å². The zero-order valence-electron chi connectivity index (χ0n) is 23.0. The summed E-state index contributed by atoms with van der Waals surface area (Å²) >= 11 is 0. The molecule has 2 aliphatic heterocycles. The van der Waals surface area contributed by atoms with Crippen molar-refractivity contribution in [1.29, 1.82) is 0 Å². The van der Waals surface area contributed by atoms with Crippen molar-refractivity contribution >= 4 is 23.4 Å². The van der Waals surface area contributed by atoms with E-state index in [1.165, 1.54) is 0 Å². The number of amides is 1. The third-order valence-electron chi connectivity index (χ3n) is 7.02. The van der Waals surface area contributed by atoms with Crippen LogP contribution >= 0.6 is 0 Å². The second-order valence-corrected chi connectivity index (χ2v) is 10.0. The SMILES string of the molecule is CC(C)N1CCN(c2ccc(-c3cc(-c4ccc5c(c4)OCCNC5=O)c(N)nc3F)cc2)CC1.O=C(O)C(F)(F)F. The lowest BCUT2D eigenvalue weighted by Gasteiger charge is -2.38. The third kappa shape index (κ3) is 7.08. The van der Waals surface area contributed by atoms with Gasteiger partial charge in [-0.1, -0.05) is 18.2 Å². The molecule has 2 aromatic carbocycles. The number of carboxylic acids is 1. The molecule has 0 unspecified atom stereocenters. The highest BCUT2D eigenvalue weighted by atomic mass is 19.4. The molecule has 1 amide bonds. The number of hydrogen-bond acceptors (Lipinski definition) is 7. The van der Waals surface area contributed by atoms with E-state index >= 15 is 0 Å². The molecule has 0 radical (unpaired) electrons. The molecule has 42 heavy (non-hydrogen) atoms. The zero-order chi connectivity index (χ0) is 30.6. The molecule has 13 heteroatoms. The van der Waals surface area contributed by atoms with Gasteiger partial charge in [-0.15, -0.1) is 0 Å². The number of aliphatic carboxylic acids is 1. The van der Waals surface area contributed by atoms with Crippen molar-refractivity contribution in [3.63, 3.8) is 0 Å². The van der Waals surface area contributed by atoms with E-state index in [-0.39, 0.29) is 11.7 Å². The van der Waals surface area contributed by atoms with Gasteiger partial charge >= 0.3 is 12.1 Å². The number of benzene rings is 2. The molecule has 0 saturated carbocycles. The summed E-state index contributed by atoms with van der Waals surface area (Å²) in [4.78, 5) is 29.9. The largest absolute Gasteiger partial charge is 0.491 e. The van der Waals surface area contributed by atoms with Crippen LogP contribution in [0.4, 0.5) is 29.1 Å². The standard InChI is InChI=1S/C27H30FN5O2.C2HF3O2/c1-17(2)32-10-12-33(13-11-32)20-6-3-18(4-7-20)22-16-23(26(29)31-25(22)28)19-5-8-21-24(15-19)35-14-9-30-27(21)34;3-2(4,5)1(6)7/h3-8,15-17H,9-14H2,1-2H3,(H2,29,31)(H,30,34);(H,6,7). The van der Waals surface area contributed by atoms with Crippen LogP contribution in [0.3, 0.4) is 0 Å². The molecule has 0 bridgehead atoms. The minimum Gasteiger partial charge on any atom is -0.491 e. The number of aromatic nitrogens is 1. The summed E-state index contributed by atoms with van der Waals surface area (Å²) in [7, 11) is 0. The molecule has 1 aromatic heterocycles. The van der Waals surface area contributed by atoms with Crippen LogP contribution in [-0.4, -0.2) is 78.4 Å². The van der Waals surface area contributed by atoms with Gasteiger partial charge in [0.05, 0.1) is 12.1 Å². The first kappa shape index (κ1) is 30.6. The number of nitrogens with zero attached hydrogens (tertiary/aromatic N) is 3. The van der Waals surface area contributed by atoms with Gasteiger partial charge in [-0.2, -0.15) is 17.6 Å². The minimum absolute atomic E-state index is 0.0870. The van der Waals surface area contributed by atoms with E-state index in [1.54, 1.807) is 24.3 Å². The Bertz CT molecular complexity index is 1440. The molecule has 224 valence electrons. The summed E-state index contributed by atoms with van der Waals surface area (Å²) in [6, 6.07) is 15.4. The third-order valence-corrected chi connectivity index (χ3v) is 7.02. The van der Waals surface area contributed by atoms with Gasteiger partial charge in [0.25, 0.3) is 5.91 Å². The Morgan fingerprint density at radius 3 is 2.21 bits per heavy atom. The van der Waals surface area contributed by atoms with Crippen molar-refractivity contribution in [3.05, 3.63) is 60.0 Å². The van der Waals surface area contributed by atoms with Crippen molar-refractivity contribution in [1.82, 2.24) is 15.2 Å². The van der Waals surface area contributed by atoms with Gasteiger partial charge in [-0.25, -0.2) is 9.78 Å². The summed E-state index contributed by atoms with van der Waals surface area (Å²) in [6.45, 7) is 9.28. The fourth-order valence-electron chi connectivity index (χ4n) is 4.70. The predicted molar refractivity (Wildman–Crippen MR) is 150 cm³/mol. The van der Waals surface area contributed by atoms with E-state index in [1.807, 2.05) is 24.3 Å². The van der Waals surface area contributed by atoms with Gasteiger partial charge in [-0.3, -0.25) is 9.69 Å². The molecule has 0 aliphatic carbocycles. The van der Waals surface area contributed by atoms with Gasteiger partial charge < -0.3 is 25.8 Å². The van der Waals surface area contributed by atoms with Crippen LogP contribution in [0.2, 0.25) is 0 Å². The van der Waals surface area contributed by atoms with Gasteiger partial charge in [0, 0.05) is 49.0 Å². The molecule has 0 atom stereocenters. The number of carbonyl (C=O) groups excluding carboxylic acids is 1. The number of halogens is 4. The van der Waals surface area contributed by atoms with E-state index in [0.29, 0.717) is 47.2 Å². The van der Waals surface area contributed by atoms with Gasteiger partial charge in [-0.05, 0) is 55.3 Å². The number of carboxylic acid groups (broad SMARTS) is 1. The number of fused-ring (bicyclic) bond motifs is 1. The van der Waals surface area contributed by atoms with Crippen LogP contribution in [-0.2, 0) is 4.79 Å². The topological polar surface area (TPSA) is 121 Å². The average molecular weight is 590 g/mol. The van der Waals surface area contributed by atoms with E-state index < -0.39 is 18.1 Å². The Kier molecular flexibility index (Phi) is 9.20. The molecular formula is C29H31F4N5O4. The number of pyridine rings is 1. The molecule has 1 saturated heterocycles. The van der Waals surface area contributed by atoms with Gasteiger partial charge in [0.2, 0.25) is 5.95 Å². The van der Waals surface area contributed by atoms with E-state index in [9.17, 15) is 22.4 Å². The van der Waals surface area contributed by atoms with Crippen LogP contribution < -0.4 is 20.7 Å². The first-order chi connectivity index (χ1) is 19.8. The fraction of sp³-hybridized carbons (Fsp3) is 0.345. The highest BCUT2D eigenvalue weighted by Crippen LogP contribution is 2.35.